The average Bonchev–Trinajstić information content (AvgIpc) is 2.32. The van der Waals surface area contributed by atoms with Gasteiger partial charge in [0.25, 0.3) is 0 Å². The van der Waals surface area contributed by atoms with Crippen LogP contribution in [-0.4, -0.2) is 20.3 Å². The van der Waals surface area contributed by atoms with Gasteiger partial charge >= 0.3 is 0 Å². The number of halogens is 2. The lowest BCUT2D eigenvalue weighted by atomic mass is 9.96. The van der Waals surface area contributed by atoms with Gasteiger partial charge in [-0.05, 0) is 36.6 Å². The maximum absolute atomic E-state index is 6.07. The summed E-state index contributed by atoms with van der Waals surface area (Å²) in [7, 11) is 1.73. The molecule has 0 amide bonds. The van der Waals surface area contributed by atoms with Gasteiger partial charge in [0, 0.05) is 19.8 Å². The van der Waals surface area contributed by atoms with Gasteiger partial charge in [-0.25, -0.2) is 0 Å². The molecule has 0 fully saturated rings. The molecule has 2 atom stereocenters. The summed E-state index contributed by atoms with van der Waals surface area (Å²) in [5, 5.41) is 4.68. The van der Waals surface area contributed by atoms with Gasteiger partial charge in [0.15, 0.2) is 0 Å². The fraction of sp³-hybridized carbons (Fsp3) is 0.571. The zero-order valence-corrected chi connectivity index (χ0v) is 12.7. The zero-order chi connectivity index (χ0) is 13.5. The number of benzene rings is 1. The minimum Gasteiger partial charge on any atom is -0.384 e. The van der Waals surface area contributed by atoms with Crippen molar-refractivity contribution in [3.05, 3.63) is 33.8 Å². The maximum Gasteiger partial charge on any atom is 0.0595 e. The Labute approximate surface area is 120 Å². The highest BCUT2D eigenvalue weighted by Crippen LogP contribution is 2.28. The van der Waals surface area contributed by atoms with Gasteiger partial charge in [0.05, 0.1) is 10.0 Å². The quantitative estimate of drug-likeness (QED) is 0.807. The van der Waals surface area contributed by atoms with Gasteiger partial charge in [0.1, 0.15) is 0 Å². The van der Waals surface area contributed by atoms with E-state index in [1.807, 2.05) is 18.2 Å². The molecule has 1 N–H and O–H groups in total. The standard InChI is InChI=1S/C14H21Cl2NO/c1-4-17-14(7-10(2)9-18-3)11-5-6-12(15)13(16)8-11/h5-6,8,10,14,17H,4,7,9H2,1-3H3. The Morgan fingerprint density at radius 1 is 1.28 bits per heavy atom. The molecule has 0 heterocycles. The van der Waals surface area contributed by atoms with Crippen LogP contribution in [0, 0.1) is 5.92 Å². The van der Waals surface area contributed by atoms with Crippen molar-refractivity contribution < 1.29 is 4.74 Å². The first-order valence-corrected chi connectivity index (χ1v) is 7.01. The minimum atomic E-state index is 0.287. The molecule has 102 valence electrons. The fourth-order valence-electron chi connectivity index (χ4n) is 2.07. The predicted octanol–water partition coefficient (Wildman–Crippen LogP) is 4.32. The number of hydrogen-bond donors (Lipinski definition) is 1. The maximum atomic E-state index is 6.07. The van der Waals surface area contributed by atoms with Gasteiger partial charge < -0.3 is 10.1 Å². The molecule has 0 aromatic heterocycles. The fourth-order valence-corrected chi connectivity index (χ4v) is 2.37. The third kappa shape index (κ3) is 4.77. The molecule has 2 unspecified atom stereocenters. The molecule has 1 aromatic carbocycles. The number of rotatable bonds is 7. The van der Waals surface area contributed by atoms with E-state index in [1.54, 1.807) is 7.11 Å². The van der Waals surface area contributed by atoms with Gasteiger partial charge in [0.2, 0.25) is 0 Å². The highest BCUT2D eigenvalue weighted by atomic mass is 35.5. The van der Waals surface area contributed by atoms with Crippen molar-refractivity contribution in [1.82, 2.24) is 5.32 Å². The van der Waals surface area contributed by atoms with Crippen molar-refractivity contribution in [1.29, 1.82) is 0 Å². The Kier molecular flexibility index (Phi) is 7.02. The van der Waals surface area contributed by atoms with Crippen LogP contribution in [0.3, 0.4) is 0 Å². The molecule has 0 saturated carbocycles. The van der Waals surface area contributed by atoms with Crippen LogP contribution in [0.15, 0.2) is 18.2 Å². The van der Waals surface area contributed by atoms with Crippen LogP contribution in [-0.2, 0) is 4.74 Å². The van der Waals surface area contributed by atoms with E-state index in [4.69, 9.17) is 27.9 Å². The first-order chi connectivity index (χ1) is 8.58. The summed E-state index contributed by atoms with van der Waals surface area (Å²) in [4.78, 5) is 0. The van der Waals surface area contributed by atoms with Crippen LogP contribution in [0.1, 0.15) is 31.9 Å². The van der Waals surface area contributed by atoms with Gasteiger partial charge in [-0.3, -0.25) is 0 Å². The molecule has 18 heavy (non-hydrogen) atoms. The van der Waals surface area contributed by atoms with E-state index in [-0.39, 0.29) is 6.04 Å². The largest absolute Gasteiger partial charge is 0.384 e. The van der Waals surface area contributed by atoms with E-state index in [9.17, 15) is 0 Å². The molecular weight excluding hydrogens is 269 g/mol. The predicted molar refractivity (Wildman–Crippen MR) is 78.5 cm³/mol. The second kappa shape index (κ2) is 8.00. The van der Waals surface area contributed by atoms with E-state index in [0.717, 1.165) is 19.6 Å². The summed E-state index contributed by atoms with van der Waals surface area (Å²) in [6, 6.07) is 6.11. The van der Waals surface area contributed by atoms with Crippen LogP contribution in [0.4, 0.5) is 0 Å². The third-order valence-corrected chi connectivity index (χ3v) is 3.62. The first kappa shape index (κ1) is 15.8. The van der Waals surface area contributed by atoms with Crippen LogP contribution in [0.5, 0.6) is 0 Å². The summed E-state index contributed by atoms with van der Waals surface area (Å²) in [5.41, 5.74) is 1.18. The molecule has 1 rings (SSSR count). The minimum absolute atomic E-state index is 0.287. The van der Waals surface area contributed by atoms with Crippen LogP contribution < -0.4 is 5.32 Å². The van der Waals surface area contributed by atoms with Gasteiger partial charge in [-0.2, -0.15) is 0 Å². The number of hydrogen-bond acceptors (Lipinski definition) is 2. The van der Waals surface area contributed by atoms with Crippen molar-refractivity contribution >= 4 is 23.2 Å². The first-order valence-electron chi connectivity index (χ1n) is 6.25. The highest BCUT2D eigenvalue weighted by molar-refractivity contribution is 6.42. The number of nitrogens with one attached hydrogen (secondary N) is 1. The van der Waals surface area contributed by atoms with Crippen LogP contribution in [0.2, 0.25) is 10.0 Å². The summed E-state index contributed by atoms with van der Waals surface area (Å²) in [5.74, 6) is 0.494. The van der Waals surface area contributed by atoms with Crippen molar-refractivity contribution in [2.75, 3.05) is 20.3 Å². The lowest BCUT2D eigenvalue weighted by Gasteiger charge is -2.22. The molecule has 4 heteroatoms. The SMILES string of the molecule is CCNC(CC(C)COC)c1ccc(Cl)c(Cl)c1. The second-order valence-electron chi connectivity index (χ2n) is 4.58. The molecule has 0 aliphatic heterocycles. The molecular formula is C14H21Cl2NO. The van der Waals surface area contributed by atoms with E-state index in [2.05, 4.69) is 19.2 Å². The molecule has 0 aliphatic rings. The lowest BCUT2D eigenvalue weighted by Crippen LogP contribution is -2.24. The Hall–Kier alpha value is -0.280. The molecule has 1 aromatic rings. The lowest BCUT2D eigenvalue weighted by molar-refractivity contribution is 0.149. The van der Waals surface area contributed by atoms with Crippen LogP contribution in [0.25, 0.3) is 0 Å². The van der Waals surface area contributed by atoms with E-state index in [1.165, 1.54) is 5.56 Å². The van der Waals surface area contributed by atoms with E-state index >= 15 is 0 Å². The van der Waals surface area contributed by atoms with Crippen molar-refractivity contribution in [2.24, 2.45) is 5.92 Å². The second-order valence-corrected chi connectivity index (χ2v) is 5.39. The molecule has 0 bridgehead atoms. The summed E-state index contributed by atoms with van der Waals surface area (Å²) in [6.45, 7) is 5.98. The van der Waals surface area contributed by atoms with Crippen molar-refractivity contribution in [2.45, 2.75) is 26.3 Å². The monoisotopic (exact) mass is 289 g/mol. The molecule has 0 radical (unpaired) electrons. The highest BCUT2D eigenvalue weighted by Gasteiger charge is 2.15. The van der Waals surface area contributed by atoms with Crippen molar-refractivity contribution in [3.63, 3.8) is 0 Å². The average molecular weight is 290 g/mol. The Bertz CT molecular complexity index is 371. The topological polar surface area (TPSA) is 21.3 Å². The van der Waals surface area contributed by atoms with E-state index in [0.29, 0.717) is 16.0 Å². The molecule has 0 spiro atoms. The smallest absolute Gasteiger partial charge is 0.0595 e. The normalized spacial score (nSPS) is 14.5. The number of methoxy groups -OCH3 is 1. The Morgan fingerprint density at radius 2 is 2.00 bits per heavy atom. The zero-order valence-electron chi connectivity index (χ0n) is 11.2. The Morgan fingerprint density at radius 3 is 2.56 bits per heavy atom. The summed E-state index contributed by atoms with van der Waals surface area (Å²) >= 11 is 12.0. The Balaban J connectivity index is 2.79. The van der Waals surface area contributed by atoms with Crippen LogP contribution >= 0.6 is 23.2 Å². The summed E-state index contributed by atoms with van der Waals surface area (Å²) in [6.07, 6.45) is 1.01. The van der Waals surface area contributed by atoms with Gasteiger partial charge in [-0.1, -0.05) is 43.1 Å². The summed E-state index contributed by atoms with van der Waals surface area (Å²) < 4.78 is 5.19. The van der Waals surface area contributed by atoms with E-state index < -0.39 is 0 Å². The third-order valence-electron chi connectivity index (χ3n) is 2.89. The molecule has 0 aliphatic carbocycles. The van der Waals surface area contributed by atoms with Gasteiger partial charge in [-0.15, -0.1) is 0 Å². The number of ether oxygens (including phenoxy) is 1. The van der Waals surface area contributed by atoms with Crippen molar-refractivity contribution in [3.8, 4) is 0 Å². The molecule has 2 nitrogen and oxygen atoms in total. The molecule has 0 saturated heterocycles.